The van der Waals surface area contributed by atoms with Crippen molar-refractivity contribution >= 4 is 27.6 Å². The van der Waals surface area contributed by atoms with Gasteiger partial charge < -0.3 is 9.47 Å². The summed E-state index contributed by atoms with van der Waals surface area (Å²) >= 11 is 0. The van der Waals surface area contributed by atoms with Crippen LogP contribution in [0.1, 0.15) is 11.3 Å². The highest BCUT2D eigenvalue weighted by molar-refractivity contribution is 5.85. The van der Waals surface area contributed by atoms with Gasteiger partial charge in [0.1, 0.15) is 12.4 Å². The standard InChI is InChI=1S/C23H19NO3/c1-26-23(25)13-16-6-7-19-14-21(11-9-18(19)12-16)27-15-20-10-8-17-4-2-3-5-22(17)24-20/h2-12,14H,13,15H2,1H3. The molecule has 4 aromatic rings. The van der Waals surface area contributed by atoms with Gasteiger partial charge in [0.25, 0.3) is 0 Å². The summed E-state index contributed by atoms with van der Waals surface area (Å²) < 4.78 is 10.6. The first kappa shape index (κ1) is 17.0. The number of pyridine rings is 1. The summed E-state index contributed by atoms with van der Waals surface area (Å²) in [5.41, 5.74) is 2.79. The molecule has 0 aliphatic carbocycles. The highest BCUT2D eigenvalue weighted by Crippen LogP contribution is 2.23. The van der Waals surface area contributed by atoms with Crippen molar-refractivity contribution < 1.29 is 14.3 Å². The van der Waals surface area contributed by atoms with E-state index < -0.39 is 0 Å². The van der Waals surface area contributed by atoms with Crippen LogP contribution in [0.25, 0.3) is 21.7 Å². The fourth-order valence-electron chi connectivity index (χ4n) is 3.06. The summed E-state index contributed by atoms with van der Waals surface area (Å²) in [6, 6.07) is 24.0. The second kappa shape index (κ2) is 7.46. The van der Waals surface area contributed by atoms with Crippen LogP contribution < -0.4 is 4.74 Å². The first-order valence-corrected chi connectivity index (χ1v) is 8.78. The van der Waals surface area contributed by atoms with Crippen molar-refractivity contribution in [2.75, 3.05) is 7.11 Å². The van der Waals surface area contributed by atoms with Gasteiger partial charge in [0.2, 0.25) is 0 Å². The average molecular weight is 357 g/mol. The lowest BCUT2D eigenvalue weighted by Gasteiger charge is -2.09. The third-order valence-corrected chi connectivity index (χ3v) is 4.50. The minimum atomic E-state index is -0.239. The first-order valence-electron chi connectivity index (χ1n) is 8.78. The number of esters is 1. The highest BCUT2D eigenvalue weighted by Gasteiger charge is 2.05. The van der Waals surface area contributed by atoms with Crippen LogP contribution in [-0.4, -0.2) is 18.1 Å². The number of hydrogen-bond donors (Lipinski definition) is 0. The molecule has 0 aliphatic rings. The molecule has 134 valence electrons. The number of carbonyl (C=O) groups is 1. The van der Waals surface area contributed by atoms with E-state index in [4.69, 9.17) is 9.47 Å². The number of benzene rings is 3. The maximum Gasteiger partial charge on any atom is 0.309 e. The largest absolute Gasteiger partial charge is 0.487 e. The molecule has 0 spiro atoms. The third-order valence-electron chi connectivity index (χ3n) is 4.50. The number of aromatic nitrogens is 1. The van der Waals surface area contributed by atoms with Gasteiger partial charge >= 0.3 is 5.97 Å². The lowest BCUT2D eigenvalue weighted by molar-refractivity contribution is -0.139. The maximum atomic E-state index is 11.4. The Kier molecular flexibility index (Phi) is 4.71. The molecule has 27 heavy (non-hydrogen) atoms. The van der Waals surface area contributed by atoms with E-state index in [1.54, 1.807) is 0 Å². The molecular weight excluding hydrogens is 338 g/mol. The normalized spacial score (nSPS) is 10.9. The molecule has 0 fully saturated rings. The van der Waals surface area contributed by atoms with Gasteiger partial charge in [-0.25, -0.2) is 4.98 Å². The number of carbonyl (C=O) groups excluding carboxylic acids is 1. The summed E-state index contributed by atoms with van der Waals surface area (Å²) in [5, 5.41) is 3.25. The van der Waals surface area contributed by atoms with Gasteiger partial charge in [-0.1, -0.05) is 48.5 Å². The molecule has 0 N–H and O–H groups in total. The molecule has 0 saturated carbocycles. The predicted molar refractivity (Wildman–Crippen MR) is 106 cm³/mol. The zero-order valence-electron chi connectivity index (χ0n) is 15.0. The zero-order chi connectivity index (χ0) is 18.6. The summed E-state index contributed by atoms with van der Waals surface area (Å²) in [7, 11) is 1.40. The summed E-state index contributed by atoms with van der Waals surface area (Å²) in [6.45, 7) is 0.413. The van der Waals surface area contributed by atoms with E-state index in [1.807, 2.05) is 66.7 Å². The Morgan fingerprint density at radius 3 is 2.56 bits per heavy atom. The number of fused-ring (bicyclic) bond motifs is 2. The van der Waals surface area contributed by atoms with Crippen molar-refractivity contribution in [3.8, 4) is 5.75 Å². The van der Waals surface area contributed by atoms with Crippen LogP contribution in [0.3, 0.4) is 0 Å². The van der Waals surface area contributed by atoms with Gasteiger partial charge in [-0.05, 0) is 40.6 Å². The Balaban J connectivity index is 1.49. The van der Waals surface area contributed by atoms with Crippen LogP contribution in [0.2, 0.25) is 0 Å². The smallest absolute Gasteiger partial charge is 0.309 e. The van der Waals surface area contributed by atoms with Crippen LogP contribution in [0, 0.1) is 0 Å². The molecule has 3 aromatic carbocycles. The number of methoxy groups -OCH3 is 1. The topological polar surface area (TPSA) is 48.4 Å². The lowest BCUT2D eigenvalue weighted by Crippen LogP contribution is -2.04. The molecule has 0 aliphatic heterocycles. The van der Waals surface area contributed by atoms with E-state index in [9.17, 15) is 4.79 Å². The van der Waals surface area contributed by atoms with Gasteiger partial charge in [-0.3, -0.25) is 4.79 Å². The highest BCUT2D eigenvalue weighted by atomic mass is 16.5. The zero-order valence-corrected chi connectivity index (χ0v) is 15.0. The van der Waals surface area contributed by atoms with E-state index >= 15 is 0 Å². The molecule has 1 aromatic heterocycles. The van der Waals surface area contributed by atoms with E-state index in [0.717, 1.165) is 38.7 Å². The number of ether oxygens (including phenoxy) is 2. The minimum absolute atomic E-state index is 0.239. The minimum Gasteiger partial charge on any atom is -0.487 e. The summed E-state index contributed by atoms with van der Waals surface area (Å²) in [4.78, 5) is 16.1. The van der Waals surface area contributed by atoms with Crippen molar-refractivity contribution in [2.45, 2.75) is 13.0 Å². The van der Waals surface area contributed by atoms with Crippen molar-refractivity contribution in [3.05, 3.63) is 84.1 Å². The molecule has 4 nitrogen and oxygen atoms in total. The number of nitrogens with zero attached hydrogens (tertiary/aromatic N) is 1. The predicted octanol–water partition coefficient (Wildman–Crippen LogP) is 4.68. The second-order valence-corrected chi connectivity index (χ2v) is 6.38. The van der Waals surface area contributed by atoms with Crippen LogP contribution in [0.5, 0.6) is 5.75 Å². The van der Waals surface area contributed by atoms with Gasteiger partial charge in [-0.15, -0.1) is 0 Å². The molecule has 0 radical (unpaired) electrons. The fourth-order valence-corrected chi connectivity index (χ4v) is 3.06. The quantitative estimate of drug-likeness (QED) is 0.487. The number of rotatable bonds is 5. The average Bonchev–Trinajstić information content (AvgIpc) is 2.72. The molecule has 4 rings (SSSR count). The fraction of sp³-hybridized carbons (Fsp3) is 0.130. The Labute approximate surface area is 157 Å². The summed E-state index contributed by atoms with van der Waals surface area (Å²) in [6.07, 6.45) is 0.276. The molecule has 0 bridgehead atoms. The lowest BCUT2D eigenvalue weighted by atomic mass is 10.0. The molecule has 0 amide bonds. The van der Waals surface area contributed by atoms with Gasteiger partial charge in [0.05, 0.1) is 24.7 Å². The number of hydrogen-bond acceptors (Lipinski definition) is 4. The Hall–Kier alpha value is -3.40. The van der Waals surface area contributed by atoms with Crippen molar-refractivity contribution in [1.82, 2.24) is 4.98 Å². The van der Waals surface area contributed by atoms with Crippen LogP contribution >= 0.6 is 0 Å². The van der Waals surface area contributed by atoms with Crippen molar-refractivity contribution in [2.24, 2.45) is 0 Å². The Morgan fingerprint density at radius 1 is 0.889 bits per heavy atom. The van der Waals surface area contributed by atoms with E-state index in [2.05, 4.69) is 11.1 Å². The Bertz CT molecular complexity index is 1120. The van der Waals surface area contributed by atoms with E-state index in [-0.39, 0.29) is 12.4 Å². The second-order valence-electron chi connectivity index (χ2n) is 6.38. The maximum absolute atomic E-state index is 11.4. The molecule has 1 heterocycles. The van der Waals surface area contributed by atoms with Crippen molar-refractivity contribution in [3.63, 3.8) is 0 Å². The SMILES string of the molecule is COC(=O)Cc1ccc2cc(OCc3ccc4ccccc4n3)ccc2c1. The molecule has 4 heteroatoms. The molecular formula is C23H19NO3. The molecule has 0 unspecified atom stereocenters. The first-order chi connectivity index (χ1) is 13.2. The van der Waals surface area contributed by atoms with Gasteiger partial charge in [-0.2, -0.15) is 0 Å². The molecule has 0 atom stereocenters. The Morgan fingerprint density at radius 2 is 1.67 bits per heavy atom. The monoisotopic (exact) mass is 357 g/mol. The van der Waals surface area contributed by atoms with E-state index in [1.165, 1.54) is 7.11 Å². The van der Waals surface area contributed by atoms with Crippen LogP contribution in [0.15, 0.2) is 72.8 Å². The van der Waals surface area contributed by atoms with E-state index in [0.29, 0.717) is 6.61 Å². The van der Waals surface area contributed by atoms with Crippen molar-refractivity contribution in [1.29, 1.82) is 0 Å². The number of para-hydroxylation sites is 1. The third kappa shape index (κ3) is 3.90. The van der Waals surface area contributed by atoms with Gasteiger partial charge in [0.15, 0.2) is 0 Å². The van der Waals surface area contributed by atoms with Crippen LogP contribution in [0.4, 0.5) is 0 Å². The molecule has 0 saturated heterocycles. The van der Waals surface area contributed by atoms with Gasteiger partial charge in [0, 0.05) is 5.39 Å². The summed E-state index contributed by atoms with van der Waals surface area (Å²) in [5.74, 6) is 0.551. The van der Waals surface area contributed by atoms with Crippen LogP contribution in [-0.2, 0) is 22.6 Å².